The molecule has 6 heteroatoms. The predicted octanol–water partition coefficient (Wildman–Crippen LogP) is 2.46. The van der Waals surface area contributed by atoms with Gasteiger partial charge in [-0.05, 0) is 25.1 Å². The summed E-state index contributed by atoms with van der Waals surface area (Å²) in [6, 6.07) is 4.87. The number of hydrogen-bond donors (Lipinski definition) is 1. The number of hydrogen-bond acceptors (Lipinski definition) is 6. The minimum atomic E-state index is -0.743. The van der Waals surface area contributed by atoms with E-state index in [2.05, 4.69) is 16.6 Å². The van der Waals surface area contributed by atoms with Crippen molar-refractivity contribution >= 4 is 29.2 Å². The van der Waals surface area contributed by atoms with Crippen molar-refractivity contribution in [3.05, 3.63) is 53.1 Å². The quantitative estimate of drug-likeness (QED) is 0.374. The molecule has 1 aliphatic rings. The number of rotatable bonds is 6. The van der Waals surface area contributed by atoms with E-state index < -0.39 is 11.9 Å². The molecule has 1 aliphatic heterocycles. The Morgan fingerprint density at radius 1 is 1.21 bits per heavy atom. The molecule has 1 N–H and O–H groups in total. The van der Waals surface area contributed by atoms with Crippen molar-refractivity contribution in [1.29, 1.82) is 0 Å². The van der Waals surface area contributed by atoms with Gasteiger partial charge in [0.15, 0.2) is 11.6 Å². The molecule has 0 radical (unpaired) electrons. The number of benzene rings is 1. The maximum Gasteiger partial charge on any atom is 0.346 e. The molecule has 0 amide bonds. The summed E-state index contributed by atoms with van der Waals surface area (Å²) < 4.78 is 4.44. The summed E-state index contributed by atoms with van der Waals surface area (Å²) in [6.07, 6.45) is 1.79. The van der Waals surface area contributed by atoms with Crippen molar-refractivity contribution in [2.24, 2.45) is 0 Å². The first-order valence-electron chi connectivity index (χ1n) is 7.43. The molecule has 0 unspecified atom stereocenters. The molecule has 6 nitrogen and oxygen atoms in total. The molecule has 124 valence electrons. The zero-order chi connectivity index (χ0) is 17.9. The second-order valence-corrected chi connectivity index (χ2v) is 5.25. The summed E-state index contributed by atoms with van der Waals surface area (Å²) in [5.74, 6) is -1.77. The highest BCUT2D eigenvalue weighted by atomic mass is 16.6. The van der Waals surface area contributed by atoms with Crippen LogP contribution in [0.2, 0.25) is 0 Å². The first-order valence-corrected chi connectivity index (χ1v) is 7.43. The number of ether oxygens (including phenoxy) is 1. The maximum absolute atomic E-state index is 12.0. The summed E-state index contributed by atoms with van der Waals surface area (Å²) >= 11 is 0. The number of Topliss-reactive ketones (excluding diaryl/α,β-unsaturated/α-hetero) is 2. The van der Waals surface area contributed by atoms with Crippen LogP contribution in [-0.2, 0) is 14.3 Å². The number of anilines is 1. The Bertz CT molecular complexity index is 789. The third kappa shape index (κ3) is 3.48. The van der Waals surface area contributed by atoms with Gasteiger partial charge in [0.2, 0.25) is 0 Å². The van der Waals surface area contributed by atoms with Gasteiger partial charge in [-0.25, -0.2) is 9.59 Å². The average molecular weight is 327 g/mol. The lowest BCUT2D eigenvalue weighted by Gasteiger charge is -2.09. The molecular formula is C18H17NO5. The Balaban J connectivity index is 2.18. The maximum atomic E-state index is 12.0. The molecule has 1 aromatic carbocycles. The third-order valence-electron chi connectivity index (χ3n) is 3.61. The van der Waals surface area contributed by atoms with Gasteiger partial charge in [-0.1, -0.05) is 19.6 Å². The van der Waals surface area contributed by atoms with Crippen LogP contribution >= 0.6 is 0 Å². The van der Waals surface area contributed by atoms with Gasteiger partial charge in [0, 0.05) is 29.8 Å². The molecule has 1 aromatic rings. The number of nitrogens with one attached hydrogen (secondary N) is 1. The van der Waals surface area contributed by atoms with Crippen molar-refractivity contribution in [3.63, 3.8) is 0 Å². The van der Waals surface area contributed by atoms with Crippen molar-refractivity contribution in [2.45, 2.75) is 20.3 Å². The zero-order valence-corrected chi connectivity index (χ0v) is 13.5. The van der Waals surface area contributed by atoms with Gasteiger partial charge in [-0.15, -0.1) is 0 Å². The first kappa shape index (κ1) is 17.3. The van der Waals surface area contributed by atoms with Crippen LogP contribution in [0, 0.1) is 0 Å². The van der Waals surface area contributed by atoms with E-state index in [9.17, 15) is 19.2 Å². The lowest BCUT2D eigenvalue weighted by atomic mass is 9.98. The Hall–Kier alpha value is -3.02. The number of ketones is 2. The van der Waals surface area contributed by atoms with Gasteiger partial charge in [-0.3, -0.25) is 9.59 Å². The zero-order valence-electron chi connectivity index (χ0n) is 13.5. The van der Waals surface area contributed by atoms with Crippen molar-refractivity contribution in [2.75, 3.05) is 11.9 Å². The van der Waals surface area contributed by atoms with E-state index in [0.717, 1.165) is 0 Å². The summed E-state index contributed by atoms with van der Waals surface area (Å²) in [5.41, 5.74) is 1.51. The summed E-state index contributed by atoms with van der Waals surface area (Å²) in [7, 11) is 0. The van der Waals surface area contributed by atoms with Crippen LogP contribution in [0.4, 0.5) is 5.69 Å². The van der Waals surface area contributed by atoms with E-state index in [1.807, 2.05) is 0 Å². The van der Waals surface area contributed by atoms with E-state index in [1.165, 1.54) is 13.0 Å². The van der Waals surface area contributed by atoms with Crippen molar-refractivity contribution in [1.82, 2.24) is 0 Å². The van der Waals surface area contributed by atoms with Crippen molar-refractivity contribution < 1.29 is 23.9 Å². The normalized spacial score (nSPS) is 15.6. The SMILES string of the molecule is C=C1C(=O)OC(=O)/C1=C/CNc1ccc(C(C)=O)c(C(=O)CC)c1. The Labute approximate surface area is 139 Å². The average Bonchev–Trinajstić information content (AvgIpc) is 2.79. The largest absolute Gasteiger partial charge is 0.386 e. The minimum absolute atomic E-state index is 0.0237. The van der Waals surface area contributed by atoms with Crippen LogP contribution < -0.4 is 5.32 Å². The number of cyclic esters (lactones) is 2. The van der Waals surface area contributed by atoms with Crippen molar-refractivity contribution in [3.8, 4) is 0 Å². The molecule has 1 heterocycles. The van der Waals surface area contributed by atoms with Gasteiger partial charge in [0.25, 0.3) is 0 Å². The monoisotopic (exact) mass is 327 g/mol. The third-order valence-corrected chi connectivity index (χ3v) is 3.61. The molecule has 2 rings (SSSR count). The molecule has 0 aliphatic carbocycles. The van der Waals surface area contributed by atoms with E-state index in [4.69, 9.17) is 0 Å². The first-order chi connectivity index (χ1) is 11.3. The molecule has 1 saturated heterocycles. The standard InChI is InChI=1S/C18H17NO5/c1-4-16(21)15-9-12(5-6-14(15)11(3)20)19-8-7-13-10(2)17(22)24-18(13)23/h5-7,9,19H,2,4,8H2,1,3H3/b13-7+. The number of esters is 2. The van der Waals surface area contributed by atoms with Gasteiger partial charge in [0.1, 0.15) is 0 Å². The molecule has 0 spiro atoms. The Morgan fingerprint density at radius 2 is 1.92 bits per heavy atom. The van der Waals surface area contributed by atoms with Gasteiger partial charge in [0.05, 0.1) is 11.1 Å². The van der Waals surface area contributed by atoms with Crippen LogP contribution in [0.15, 0.2) is 42.0 Å². The molecule has 1 fully saturated rings. The number of carbonyl (C=O) groups is 4. The summed E-state index contributed by atoms with van der Waals surface area (Å²) in [5, 5.41) is 3.01. The van der Waals surface area contributed by atoms with E-state index in [-0.39, 0.29) is 29.3 Å². The summed E-state index contributed by atoms with van der Waals surface area (Å²) in [4.78, 5) is 46.3. The van der Waals surface area contributed by atoms with Gasteiger partial charge >= 0.3 is 11.9 Å². The second-order valence-electron chi connectivity index (χ2n) is 5.25. The molecule has 0 atom stereocenters. The molecule has 0 saturated carbocycles. The van der Waals surface area contributed by atoms with Gasteiger partial charge in [-0.2, -0.15) is 0 Å². The Kier molecular flexibility index (Phi) is 5.08. The molecular weight excluding hydrogens is 310 g/mol. The number of carbonyl (C=O) groups excluding carboxylic acids is 4. The fourth-order valence-electron chi connectivity index (χ4n) is 2.29. The highest BCUT2D eigenvalue weighted by molar-refractivity contribution is 6.17. The van der Waals surface area contributed by atoms with Crippen LogP contribution in [0.3, 0.4) is 0 Å². The highest BCUT2D eigenvalue weighted by Gasteiger charge is 2.31. The minimum Gasteiger partial charge on any atom is -0.386 e. The smallest absolute Gasteiger partial charge is 0.346 e. The van der Waals surface area contributed by atoms with Crippen LogP contribution in [0.1, 0.15) is 41.0 Å². The lowest BCUT2D eigenvalue weighted by molar-refractivity contribution is -0.149. The topological polar surface area (TPSA) is 89.5 Å². The van der Waals surface area contributed by atoms with E-state index >= 15 is 0 Å². The van der Waals surface area contributed by atoms with Crippen LogP contribution in [0.25, 0.3) is 0 Å². The Morgan fingerprint density at radius 3 is 2.46 bits per heavy atom. The molecule has 0 bridgehead atoms. The fraction of sp³-hybridized carbons (Fsp3) is 0.222. The lowest BCUT2D eigenvalue weighted by Crippen LogP contribution is -2.08. The summed E-state index contributed by atoms with van der Waals surface area (Å²) in [6.45, 7) is 6.87. The van der Waals surface area contributed by atoms with Gasteiger partial charge < -0.3 is 10.1 Å². The van der Waals surface area contributed by atoms with Crippen LogP contribution in [-0.4, -0.2) is 30.0 Å². The van der Waals surface area contributed by atoms with Crippen LogP contribution in [0.5, 0.6) is 0 Å². The second kappa shape index (κ2) is 7.04. The van der Waals surface area contributed by atoms with E-state index in [1.54, 1.807) is 25.1 Å². The molecule has 0 aromatic heterocycles. The van der Waals surface area contributed by atoms with E-state index in [0.29, 0.717) is 23.2 Å². The highest BCUT2D eigenvalue weighted by Crippen LogP contribution is 2.21. The predicted molar refractivity (Wildman–Crippen MR) is 87.9 cm³/mol. The fourth-order valence-corrected chi connectivity index (χ4v) is 2.29. The molecule has 24 heavy (non-hydrogen) atoms.